The average molecular weight is 560 g/mol. The summed E-state index contributed by atoms with van der Waals surface area (Å²) < 4.78 is 11.9. The number of nitrogens with one attached hydrogen (secondary N) is 2. The fraction of sp³-hybridized carbons (Fsp3) is 0.0714. The third-order valence-corrected chi connectivity index (χ3v) is 5.73. The number of anilines is 1. The van der Waals surface area contributed by atoms with E-state index >= 15 is 0 Å². The van der Waals surface area contributed by atoms with Gasteiger partial charge >= 0.3 is 17.8 Å². The summed E-state index contributed by atoms with van der Waals surface area (Å²) in [4.78, 5) is 37.3. The Morgan fingerprint density at radius 1 is 0.892 bits per heavy atom. The molecular weight excluding hydrogens is 538 g/mol. The van der Waals surface area contributed by atoms with Gasteiger partial charge in [-0.1, -0.05) is 46.3 Å². The smallest absolute Gasteiger partial charge is 0.343 e. The highest BCUT2D eigenvalue weighted by Gasteiger charge is 2.15. The Morgan fingerprint density at radius 2 is 1.62 bits per heavy atom. The van der Waals surface area contributed by atoms with Gasteiger partial charge in [-0.15, -0.1) is 0 Å². The van der Waals surface area contributed by atoms with E-state index in [4.69, 9.17) is 9.47 Å². The van der Waals surface area contributed by atoms with E-state index in [0.717, 1.165) is 15.2 Å². The van der Waals surface area contributed by atoms with Crippen LogP contribution >= 0.6 is 15.9 Å². The summed E-state index contributed by atoms with van der Waals surface area (Å²) >= 11 is 3.31. The first-order valence-corrected chi connectivity index (χ1v) is 12.1. The van der Waals surface area contributed by atoms with E-state index in [-0.39, 0.29) is 5.75 Å². The molecule has 2 amide bonds. The van der Waals surface area contributed by atoms with Crippen molar-refractivity contribution in [3.8, 4) is 11.5 Å². The lowest BCUT2D eigenvalue weighted by Crippen LogP contribution is -2.32. The molecule has 4 rings (SSSR count). The zero-order chi connectivity index (χ0) is 26.2. The van der Waals surface area contributed by atoms with E-state index in [9.17, 15) is 14.4 Å². The SMILES string of the molecule is CCOc1ccc(C(=O)Oc2ccc3ccccc3c2C=NNC(=O)C(=O)Nc2ccc(Br)cc2)cc1. The number of amides is 2. The molecule has 186 valence electrons. The van der Waals surface area contributed by atoms with Crippen LogP contribution in [0, 0.1) is 0 Å². The Morgan fingerprint density at radius 3 is 2.35 bits per heavy atom. The molecule has 9 heteroatoms. The summed E-state index contributed by atoms with van der Waals surface area (Å²) in [6.45, 7) is 2.40. The van der Waals surface area contributed by atoms with Gasteiger partial charge in [0.15, 0.2) is 0 Å². The molecule has 0 aliphatic rings. The number of hydrazone groups is 1. The summed E-state index contributed by atoms with van der Waals surface area (Å²) in [7, 11) is 0. The van der Waals surface area contributed by atoms with E-state index in [1.807, 2.05) is 37.3 Å². The predicted octanol–water partition coefficient (Wildman–Crippen LogP) is 5.31. The number of nitrogens with zero attached hydrogens (tertiary/aromatic N) is 1. The van der Waals surface area contributed by atoms with Gasteiger partial charge in [-0.2, -0.15) is 5.10 Å². The van der Waals surface area contributed by atoms with Crippen molar-refractivity contribution >= 4 is 56.4 Å². The molecule has 0 aromatic heterocycles. The number of esters is 1. The zero-order valence-corrected chi connectivity index (χ0v) is 21.3. The molecule has 0 bridgehead atoms. The average Bonchev–Trinajstić information content (AvgIpc) is 2.91. The van der Waals surface area contributed by atoms with E-state index in [1.165, 1.54) is 6.21 Å². The Bertz CT molecular complexity index is 1470. The summed E-state index contributed by atoms with van der Waals surface area (Å²) in [6, 6.07) is 24.3. The molecule has 0 atom stereocenters. The molecule has 4 aromatic carbocycles. The lowest BCUT2D eigenvalue weighted by Gasteiger charge is -2.11. The van der Waals surface area contributed by atoms with Crippen LogP contribution in [0.4, 0.5) is 5.69 Å². The second-order valence-electron chi connectivity index (χ2n) is 7.71. The maximum absolute atomic E-state index is 12.8. The van der Waals surface area contributed by atoms with Gasteiger partial charge in [0.05, 0.1) is 18.4 Å². The third-order valence-electron chi connectivity index (χ3n) is 5.20. The number of benzene rings is 4. The maximum atomic E-state index is 12.8. The van der Waals surface area contributed by atoms with Gasteiger partial charge in [-0.3, -0.25) is 9.59 Å². The fourth-order valence-electron chi connectivity index (χ4n) is 3.44. The first kappa shape index (κ1) is 25.6. The molecule has 0 unspecified atom stereocenters. The molecule has 8 nitrogen and oxygen atoms in total. The second-order valence-corrected chi connectivity index (χ2v) is 8.62. The predicted molar refractivity (Wildman–Crippen MR) is 145 cm³/mol. The van der Waals surface area contributed by atoms with Crippen molar-refractivity contribution in [2.24, 2.45) is 5.10 Å². The molecule has 0 spiro atoms. The highest BCUT2D eigenvalue weighted by Crippen LogP contribution is 2.27. The van der Waals surface area contributed by atoms with Crippen molar-refractivity contribution in [3.63, 3.8) is 0 Å². The molecule has 0 fully saturated rings. The molecular formula is C28H22BrN3O5. The number of carbonyl (C=O) groups is 3. The summed E-state index contributed by atoms with van der Waals surface area (Å²) in [6.07, 6.45) is 1.34. The van der Waals surface area contributed by atoms with E-state index in [1.54, 1.807) is 54.6 Å². The topological polar surface area (TPSA) is 106 Å². The van der Waals surface area contributed by atoms with Crippen molar-refractivity contribution < 1.29 is 23.9 Å². The minimum atomic E-state index is -0.952. The van der Waals surface area contributed by atoms with Crippen molar-refractivity contribution in [3.05, 3.63) is 101 Å². The van der Waals surface area contributed by atoms with Crippen LogP contribution in [-0.4, -0.2) is 30.6 Å². The molecule has 0 aliphatic heterocycles. The van der Waals surface area contributed by atoms with Gasteiger partial charge in [0, 0.05) is 15.7 Å². The standard InChI is InChI=1S/C28H22BrN3O5/c1-2-36-22-14-7-19(8-15-22)28(35)37-25-16-9-18-5-3-4-6-23(18)24(25)17-30-32-27(34)26(33)31-21-12-10-20(29)11-13-21/h3-17H,2H2,1H3,(H,31,33)(H,32,34). The number of hydrogen-bond donors (Lipinski definition) is 2. The van der Waals surface area contributed by atoms with E-state index < -0.39 is 17.8 Å². The van der Waals surface area contributed by atoms with Crippen molar-refractivity contribution in [2.45, 2.75) is 6.92 Å². The largest absolute Gasteiger partial charge is 0.494 e. The minimum Gasteiger partial charge on any atom is -0.494 e. The second kappa shape index (κ2) is 12.0. The van der Waals surface area contributed by atoms with Crippen molar-refractivity contribution in [2.75, 3.05) is 11.9 Å². The molecule has 0 radical (unpaired) electrons. The van der Waals surface area contributed by atoms with Crippen molar-refractivity contribution in [1.29, 1.82) is 0 Å². The number of halogens is 1. The maximum Gasteiger partial charge on any atom is 0.343 e. The number of fused-ring (bicyclic) bond motifs is 1. The van der Waals surface area contributed by atoms with Crippen LogP contribution in [0.15, 0.2) is 94.5 Å². The van der Waals surface area contributed by atoms with Crippen molar-refractivity contribution in [1.82, 2.24) is 5.43 Å². The van der Waals surface area contributed by atoms with E-state index in [0.29, 0.717) is 29.2 Å². The first-order valence-electron chi connectivity index (χ1n) is 11.3. The lowest BCUT2D eigenvalue weighted by atomic mass is 10.0. The summed E-state index contributed by atoms with van der Waals surface area (Å²) in [5, 5.41) is 8.06. The fourth-order valence-corrected chi connectivity index (χ4v) is 3.70. The van der Waals surface area contributed by atoms with Gasteiger partial charge in [0.2, 0.25) is 0 Å². The van der Waals surface area contributed by atoms with Crippen LogP contribution in [0.1, 0.15) is 22.8 Å². The Labute approximate surface area is 221 Å². The highest BCUT2D eigenvalue weighted by molar-refractivity contribution is 9.10. The normalized spacial score (nSPS) is 10.8. The van der Waals surface area contributed by atoms with Gasteiger partial charge in [-0.25, -0.2) is 10.2 Å². The molecule has 2 N–H and O–H groups in total. The Kier molecular flexibility index (Phi) is 8.27. The molecule has 4 aromatic rings. The number of hydrogen-bond acceptors (Lipinski definition) is 6. The van der Waals surface area contributed by atoms with Crippen LogP contribution in [-0.2, 0) is 9.59 Å². The summed E-state index contributed by atoms with van der Waals surface area (Å²) in [5.74, 6) is -1.50. The number of ether oxygens (including phenoxy) is 2. The molecule has 37 heavy (non-hydrogen) atoms. The third kappa shape index (κ3) is 6.59. The van der Waals surface area contributed by atoms with E-state index in [2.05, 4.69) is 31.8 Å². The summed E-state index contributed by atoms with van der Waals surface area (Å²) in [5.41, 5.74) is 3.48. The van der Waals surface area contributed by atoms with Gasteiger partial charge in [0.1, 0.15) is 11.5 Å². The monoisotopic (exact) mass is 559 g/mol. The Balaban J connectivity index is 1.51. The van der Waals surface area contributed by atoms with Crippen LogP contribution in [0.25, 0.3) is 10.8 Å². The molecule has 0 saturated heterocycles. The minimum absolute atomic E-state index is 0.245. The van der Waals surface area contributed by atoms with Crippen LogP contribution in [0.5, 0.6) is 11.5 Å². The molecule has 0 saturated carbocycles. The number of rotatable bonds is 7. The zero-order valence-electron chi connectivity index (χ0n) is 19.7. The highest BCUT2D eigenvalue weighted by atomic mass is 79.9. The van der Waals surface area contributed by atoms with Gasteiger partial charge in [0.25, 0.3) is 0 Å². The lowest BCUT2D eigenvalue weighted by molar-refractivity contribution is -0.136. The van der Waals surface area contributed by atoms with Gasteiger partial charge in [-0.05, 0) is 72.3 Å². The first-order chi connectivity index (χ1) is 17.9. The van der Waals surface area contributed by atoms with Crippen LogP contribution in [0.3, 0.4) is 0 Å². The quantitative estimate of drug-likeness (QED) is 0.105. The Hall–Kier alpha value is -4.50. The molecule has 0 aliphatic carbocycles. The van der Waals surface area contributed by atoms with Crippen LogP contribution < -0.4 is 20.2 Å². The van der Waals surface area contributed by atoms with Crippen LogP contribution in [0.2, 0.25) is 0 Å². The van der Waals surface area contributed by atoms with Gasteiger partial charge < -0.3 is 14.8 Å². The molecule has 0 heterocycles. The number of carbonyl (C=O) groups excluding carboxylic acids is 3.